The number of aromatic amines is 1. The minimum absolute atomic E-state index is 0.0195. The highest BCUT2D eigenvalue weighted by Gasteiger charge is 2.11. The first kappa shape index (κ1) is 13.3. The van der Waals surface area contributed by atoms with Crippen LogP contribution in [0.3, 0.4) is 0 Å². The second-order valence-corrected chi connectivity index (χ2v) is 5.11. The third-order valence-electron chi connectivity index (χ3n) is 3.58. The van der Waals surface area contributed by atoms with Gasteiger partial charge in [-0.25, -0.2) is 9.97 Å². The molecule has 1 radical (unpaired) electrons. The normalized spacial score (nSPS) is 11.0. The summed E-state index contributed by atoms with van der Waals surface area (Å²) >= 11 is 0. The molecule has 0 atom stereocenters. The van der Waals surface area contributed by atoms with Gasteiger partial charge in [-0.3, -0.25) is 4.79 Å². The summed E-state index contributed by atoms with van der Waals surface area (Å²) in [6.45, 7) is 0. The van der Waals surface area contributed by atoms with Gasteiger partial charge in [-0.05, 0) is 42.5 Å². The molecule has 111 valence electrons. The number of anilines is 2. The Morgan fingerprint density at radius 1 is 1.22 bits per heavy atom. The number of hydrogen-bond acceptors (Lipinski definition) is 4. The number of benzene rings is 2. The number of aromatic nitrogens is 3. The second-order valence-electron chi connectivity index (χ2n) is 5.11. The van der Waals surface area contributed by atoms with E-state index < -0.39 is 5.91 Å². The van der Waals surface area contributed by atoms with E-state index in [1.807, 2.05) is 30.5 Å². The van der Waals surface area contributed by atoms with E-state index in [1.54, 1.807) is 18.2 Å². The number of H-pyrrole nitrogens is 1. The van der Waals surface area contributed by atoms with Crippen molar-refractivity contribution in [1.29, 1.82) is 0 Å². The molecular formula is C17H12N5O. The van der Waals surface area contributed by atoms with Crippen LogP contribution in [0.25, 0.3) is 21.8 Å². The molecule has 0 unspecified atom stereocenters. The number of primary amides is 1. The summed E-state index contributed by atoms with van der Waals surface area (Å²) in [5.41, 5.74) is 7.87. The van der Waals surface area contributed by atoms with Crippen LogP contribution in [0.15, 0.2) is 48.7 Å². The molecule has 4 rings (SSSR count). The van der Waals surface area contributed by atoms with Crippen molar-refractivity contribution in [2.75, 3.05) is 5.32 Å². The summed E-state index contributed by atoms with van der Waals surface area (Å²) in [5, 5.41) is 5.08. The number of hydrogen-bond donors (Lipinski definition) is 3. The van der Waals surface area contributed by atoms with Gasteiger partial charge in [-0.2, -0.15) is 0 Å². The number of carbonyl (C=O) groups is 1. The first-order valence-corrected chi connectivity index (χ1v) is 7.02. The van der Waals surface area contributed by atoms with Crippen molar-refractivity contribution in [3.63, 3.8) is 0 Å². The van der Waals surface area contributed by atoms with Crippen LogP contribution in [0, 0.1) is 6.07 Å². The molecule has 2 aromatic heterocycles. The van der Waals surface area contributed by atoms with Gasteiger partial charge in [0, 0.05) is 28.2 Å². The molecule has 0 bridgehead atoms. The van der Waals surface area contributed by atoms with E-state index >= 15 is 0 Å². The molecule has 2 heterocycles. The van der Waals surface area contributed by atoms with Crippen molar-refractivity contribution in [3.8, 4) is 0 Å². The standard InChI is InChI=1S/C17H12N5O/c18-15(23)17-21-14-4-2-1-3-12(14)16(22-17)20-11-5-6-13-10(9-11)7-8-19-13/h2-9,19H,(H2,18,23)(H,20,21,22). The molecule has 1 amide bonds. The van der Waals surface area contributed by atoms with Crippen molar-refractivity contribution in [3.05, 3.63) is 60.6 Å². The summed E-state index contributed by atoms with van der Waals surface area (Å²) in [5.74, 6) is -0.159. The molecule has 6 nitrogen and oxygen atoms in total. The largest absolute Gasteiger partial charge is 0.363 e. The Morgan fingerprint density at radius 2 is 2.13 bits per heavy atom. The molecule has 23 heavy (non-hydrogen) atoms. The zero-order valence-electron chi connectivity index (χ0n) is 12.0. The van der Waals surface area contributed by atoms with Crippen LogP contribution >= 0.6 is 0 Å². The van der Waals surface area contributed by atoms with E-state index in [1.165, 1.54) is 0 Å². The Hall–Kier alpha value is -3.41. The third-order valence-corrected chi connectivity index (χ3v) is 3.58. The Labute approximate surface area is 131 Å². The fourth-order valence-electron chi connectivity index (χ4n) is 2.49. The smallest absolute Gasteiger partial charge is 0.286 e. The van der Waals surface area contributed by atoms with Crippen LogP contribution in [0.5, 0.6) is 0 Å². The van der Waals surface area contributed by atoms with Crippen molar-refractivity contribution in [2.24, 2.45) is 5.73 Å². The molecule has 0 saturated heterocycles. The average molecular weight is 302 g/mol. The minimum Gasteiger partial charge on any atom is -0.363 e. The number of fused-ring (bicyclic) bond motifs is 2. The number of amides is 1. The Bertz CT molecular complexity index is 1040. The van der Waals surface area contributed by atoms with Gasteiger partial charge in [0.25, 0.3) is 5.91 Å². The van der Waals surface area contributed by atoms with Gasteiger partial charge in [0.1, 0.15) is 5.82 Å². The van der Waals surface area contributed by atoms with Crippen LogP contribution < -0.4 is 11.1 Å². The first-order valence-electron chi connectivity index (χ1n) is 7.02. The Balaban J connectivity index is 1.84. The molecule has 4 N–H and O–H groups in total. The van der Waals surface area contributed by atoms with Crippen LogP contribution in [0.2, 0.25) is 0 Å². The zero-order chi connectivity index (χ0) is 15.8. The molecule has 6 heteroatoms. The molecule has 2 aromatic carbocycles. The quantitative estimate of drug-likeness (QED) is 0.542. The van der Waals surface area contributed by atoms with Crippen molar-refractivity contribution in [2.45, 2.75) is 0 Å². The van der Waals surface area contributed by atoms with Crippen LogP contribution in [-0.2, 0) is 0 Å². The highest BCUT2D eigenvalue weighted by Crippen LogP contribution is 2.25. The molecule has 0 saturated carbocycles. The lowest BCUT2D eigenvalue weighted by atomic mass is 10.2. The van der Waals surface area contributed by atoms with E-state index in [4.69, 9.17) is 5.73 Å². The maximum absolute atomic E-state index is 11.4. The van der Waals surface area contributed by atoms with E-state index in [2.05, 4.69) is 26.3 Å². The lowest BCUT2D eigenvalue weighted by Crippen LogP contribution is -2.16. The third kappa shape index (κ3) is 2.36. The number of rotatable bonds is 3. The number of carbonyl (C=O) groups excluding carboxylic acids is 1. The number of nitrogens with zero attached hydrogens (tertiary/aromatic N) is 2. The van der Waals surface area contributed by atoms with Gasteiger partial charge >= 0.3 is 0 Å². The summed E-state index contributed by atoms with van der Waals surface area (Å²) in [4.78, 5) is 23.0. The van der Waals surface area contributed by atoms with Gasteiger partial charge in [0.2, 0.25) is 5.82 Å². The van der Waals surface area contributed by atoms with E-state index in [9.17, 15) is 4.79 Å². The molecule has 0 spiro atoms. The van der Waals surface area contributed by atoms with Crippen molar-refractivity contribution >= 4 is 39.2 Å². The van der Waals surface area contributed by atoms with E-state index in [0.717, 1.165) is 22.0 Å². The molecule has 0 aliphatic carbocycles. The Kier molecular flexibility index (Phi) is 2.94. The predicted octanol–water partition coefficient (Wildman–Crippen LogP) is 2.75. The van der Waals surface area contributed by atoms with Gasteiger partial charge in [-0.15, -0.1) is 0 Å². The topological polar surface area (TPSA) is 96.7 Å². The molecule has 0 aliphatic rings. The highest BCUT2D eigenvalue weighted by atomic mass is 16.1. The first-order chi connectivity index (χ1) is 11.2. The fourth-order valence-corrected chi connectivity index (χ4v) is 2.49. The molecular weight excluding hydrogens is 290 g/mol. The average Bonchev–Trinajstić information content (AvgIpc) is 3.02. The zero-order valence-corrected chi connectivity index (χ0v) is 12.0. The maximum Gasteiger partial charge on any atom is 0.286 e. The van der Waals surface area contributed by atoms with Crippen LogP contribution in [0.4, 0.5) is 11.5 Å². The summed E-state index contributed by atoms with van der Waals surface area (Å²) in [7, 11) is 0. The monoisotopic (exact) mass is 302 g/mol. The lowest BCUT2D eigenvalue weighted by molar-refractivity contribution is 0.0991. The predicted molar refractivity (Wildman–Crippen MR) is 88.5 cm³/mol. The van der Waals surface area contributed by atoms with Gasteiger partial charge in [-0.1, -0.05) is 6.07 Å². The van der Waals surface area contributed by atoms with Gasteiger partial charge in [0.15, 0.2) is 0 Å². The summed E-state index contributed by atoms with van der Waals surface area (Å²) in [6.07, 6.45) is 1.88. The maximum atomic E-state index is 11.4. The summed E-state index contributed by atoms with van der Waals surface area (Å²) < 4.78 is 0. The van der Waals surface area contributed by atoms with E-state index in [-0.39, 0.29) is 5.82 Å². The number of nitrogens with two attached hydrogens (primary N) is 1. The number of nitrogens with one attached hydrogen (secondary N) is 2. The van der Waals surface area contributed by atoms with Crippen LogP contribution in [0.1, 0.15) is 10.6 Å². The fraction of sp³-hybridized carbons (Fsp3) is 0. The second kappa shape index (κ2) is 5.10. The van der Waals surface area contributed by atoms with Gasteiger partial charge in [0.05, 0.1) is 5.52 Å². The highest BCUT2D eigenvalue weighted by molar-refractivity contribution is 5.97. The molecule has 4 aromatic rings. The van der Waals surface area contributed by atoms with E-state index in [0.29, 0.717) is 11.3 Å². The van der Waals surface area contributed by atoms with Crippen molar-refractivity contribution < 1.29 is 4.79 Å². The SMILES string of the molecule is NC(=O)c1nc(Nc2ccc3[nH]ccc3c2)c2c[c]ccc2n1. The van der Waals surface area contributed by atoms with Crippen LogP contribution in [-0.4, -0.2) is 20.9 Å². The summed E-state index contributed by atoms with van der Waals surface area (Å²) in [6, 6.07) is 16.2. The minimum atomic E-state index is -0.663. The molecule has 0 aliphatic heterocycles. The Morgan fingerprint density at radius 3 is 3.00 bits per heavy atom. The van der Waals surface area contributed by atoms with Crippen molar-refractivity contribution in [1.82, 2.24) is 15.0 Å². The molecule has 0 fully saturated rings. The van der Waals surface area contributed by atoms with Gasteiger partial charge < -0.3 is 16.0 Å². The lowest BCUT2D eigenvalue weighted by Gasteiger charge is -2.10.